The number of likely N-dealkylation sites (tertiary alicyclic amines) is 1. The van der Waals surface area contributed by atoms with Crippen LogP contribution < -0.4 is 0 Å². The second-order valence-corrected chi connectivity index (χ2v) is 22.9. The molecule has 148 valence electrons. The van der Waals surface area contributed by atoms with Gasteiger partial charge in [-0.1, -0.05) is 0 Å². The molecule has 1 aliphatic rings. The Balaban J connectivity index is 3.17. The average Bonchev–Trinajstić information content (AvgIpc) is 2.53. The first-order valence-corrected chi connectivity index (χ1v) is 18.3. The van der Waals surface area contributed by atoms with Gasteiger partial charge < -0.3 is 0 Å². The number of unbranched alkanes of at least 4 members (excludes halogenated alkanes) is 3. The van der Waals surface area contributed by atoms with E-state index in [1.807, 2.05) is 4.90 Å². The van der Waals surface area contributed by atoms with Gasteiger partial charge in [0.05, 0.1) is 0 Å². The fourth-order valence-electron chi connectivity index (χ4n) is 5.36. The molecular weight excluding hydrogens is 417 g/mol. The van der Waals surface area contributed by atoms with Crippen LogP contribution in [0.3, 0.4) is 0 Å². The van der Waals surface area contributed by atoms with E-state index >= 15 is 0 Å². The van der Waals surface area contributed by atoms with Gasteiger partial charge in [0.2, 0.25) is 0 Å². The molecule has 2 unspecified atom stereocenters. The number of amides is 1. The molecule has 0 bridgehead atoms. The van der Waals surface area contributed by atoms with E-state index in [-0.39, 0.29) is 18.0 Å². The molecule has 0 aromatic heterocycles. The topological polar surface area (TPSA) is 40.5 Å². The molecule has 1 aliphatic heterocycles. The molecule has 0 aliphatic carbocycles. The molecule has 1 N–H and O–H groups in total. The van der Waals surface area contributed by atoms with Gasteiger partial charge in [0.15, 0.2) is 0 Å². The van der Waals surface area contributed by atoms with Crippen molar-refractivity contribution in [2.45, 2.75) is 122 Å². The van der Waals surface area contributed by atoms with Crippen LogP contribution in [0.15, 0.2) is 0 Å². The van der Waals surface area contributed by atoms with Gasteiger partial charge in [-0.15, -0.1) is 0 Å². The Hall–Kier alpha value is 0.229. The molecule has 0 aromatic rings. The summed E-state index contributed by atoms with van der Waals surface area (Å²) in [5.41, 5.74) is 0. The molecule has 0 aromatic carbocycles. The van der Waals surface area contributed by atoms with Crippen molar-refractivity contribution in [3.05, 3.63) is 0 Å². The molecule has 3 nitrogen and oxygen atoms in total. The third kappa shape index (κ3) is 5.60. The van der Waals surface area contributed by atoms with Crippen molar-refractivity contribution in [3.8, 4) is 0 Å². The Morgan fingerprint density at radius 3 is 1.60 bits per heavy atom. The van der Waals surface area contributed by atoms with Gasteiger partial charge >= 0.3 is 161 Å². The Labute approximate surface area is 160 Å². The summed E-state index contributed by atoms with van der Waals surface area (Å²) in [7, 11) is 0. The summed E-state index contributed by atoms with van der Waals surface area (Å²) >= 11 is -2.75. The number of nitrogens with zero attached hydrogens (tertiary/aromatic N) is 1. The molecule has 1 fully saturated rings. The van der Waals surface area contributed by atoms with Crippen LogP contribution in [0.5, 0.6) is 0 Å². The summed E-state index contributed by atoms with van der Waals surface area (Å²) < 4.78 is 3.57. The third-order valence-corrected chi connectivity index (χ3v) is 24.6. The number of hydrogen-bond acceptors (Lipinski definition) is 2. The van der Waals surface area contributed by atoms with Crippen LogP contribution in [0.2, 0.25) is 13.3 Å². The van der Waals surface area contributed by atoms with Crippen LogP contribution >= 0.6 is 0 Å². The normalized spacial score (nSPS) is 27.6. The molecule has 2 atom stereocenters. The van der Waals surface area contributed by atoms with Gasteiger partial charge in [-0.3, -0.25) is 0 Å². The molecule has 1 amide bonds. The quantitative estimate of drug-likeness (QED) is 0.436. The number of piperidine rings is 1. The Kier molecular flexibility index (Phi) is 9.80. The Morgan fingerprint density at radius 2 is 1.32 bits per heavy atom. The second kappa shape index (κ2) is 10.5. The molecule has 4 heteroatoms. The Morgan fingerprint density at radius 1 is 0.960 bits per heavy atom. The number of aliphatic hydroxyl groups is 1. The summed E-state index contributed by atoms with van der Waals surface area (Å²) in [5.74, 6) is 0.165. The van der Waals surface area contributed by atoms with Crippen LogP contribution in [0, 0.1) is 0 Å². The van der Waals surface area contributed by atoms with E-state index in [1.54, 1.807) is 6.92 Å². The maximum absolute atomic E-state index is 12.1. The van der Waals surface area contributed by atoms with Crippen molar-refractivity contribution in [3.63, 3.8) is 0 Å². The number of carbonyl (C=O) groups excluding carboxylic acids is 1. The van der Waals surface area contributed by atoms with Gasteiger partial charge in [-0.05, 0) is 0 Å². The van der Waals surface area contributed by atoms with Gasteiger partial charge in [0, 0.05) is 0 Å². The predicted molar refractivity (Wildman–Crippen MR) is 111 cm³/mol. The monoisotopic (exact) mass is 461 g/mol. The zero-order valence-electron chi connectivity index (χ0n) is 17.7. The fourth-order valence-corrected chi connectivity index (χ4v) is 24.5. The molecule has 1 rings (SSSR count). The molecular formula is C21H43NO2Sn. The molecule has 25 heavy (non-hydrogen) atoms. The van der Waals surface area contributed by atoms with Gasteiger partial charge in [-0.25, -0.2) is 0 Å². The van der Waals surface area contributed by atoms with Crippen LogP contribution in [-0.2, 0) is 4.79 Å². The van der Waals surface area contributed by atoms with Crippen molar-refractivity contribution in [1.29, 1.82) is 0 Å². The molecule has 0 radical (unpaired) electrons. The zero-order valence-corrected chi connectivity index (χ0v) is 20.6. The van der Waals surface area contributed by atoms with Gasteiger partial charge in [0.25, 0.3) is 0 Å². The van der Waals surface area contributed by atoms with E-state index in [0.29, 0.717) is 0 Å². The van der Waals surface area contributed by atoms with Crippen molar-refractivity contribution in [2.75, 3.05) is 0 Å². The van der Waals surface area contributed by atoms with Crippen LogP contribution in [0.1, 0.15) is 92.9 Å². The van der Waals surface area contributed by atoms with E-state index < -0.39 is 22.0 Å². The molecule has 0 spiro atoms. The summed E-state index contributed by atoms with van der Waals surface area (Å²) in [6, 6.07) is 0.347. The second-order valence-electron chi connectivity index (χ2n) is 8.66. The molecule has 1 heterocycles. The van der Waals surface area contributed by atoms with Crippen LogP contribution in [0.4, 0.5) is 0 Å². The van der Waals surface area contributed by atoms with Crippen LogP contribution in [-0.4, -0.2) is 50.0 Å². The zero-order chi connectivity index (χ0) is 19.1. The van der Waals surface area contributed by atoms with E-state index in [9.17, 15) is 9.90 Å². The summed E-state index contributed by atoms with van der Waals surface area (Å²) in [4.78, 5) is 14.1. The standard InChI is InChI=1S/C9H16NO2.3C4H9.Sn/c1-6-4-9(12)5-7(2)10(6)8(3)11;3*1-3-4-2;/h6-7,12H,4-5H2,1-3H3;3*1,3-4H2,2H3;. The van der Waals surface area contributed by atoms with E-state index in [4.69, 9.17) is 0 Å². The first-order chi connectivity index (χ1) is 11.8. The van der Waals surface area contributed by atoms with E-state index in [2.05, 4.69) is 34.6 Å². The maximum atomic E-state index is 12.1. The predicted octanol–water partition coefficient (Wildman–Crippen LogP) is 5.53. The van der Waals surface area contributed by atoms with E-state index in [0.717, 1.165) is 12.8 Å². The van der Waals surface area contributed by atoms with Crippen molar-refractivity contribution in [2.24, 2.45) is 0 Å². The first-order valence-electron chi connectivity index (χ1n) is 10.8. The van der Waals surface area contributed by atoms with Gasteiger partial charge in [0.1, 0.15) is 0 Å². The number of hydrogen-bond donors (Lipinski definition) is 1. The molecule has 1 saturated heterocycles. The fraction of sp³-hybridized carbons (Fsp3) is 0.952. The summed E-state index contributed by atoms with van der Waals surface area (Å²) in [6.45, 7) is 12.8. The average molecular weight is 460 g/mol. The SMILES string of the molecule is CCC[CH2][Sn]([CH2]CCC)([CH2]CCC)[C]1(O)CC(C)N(C(C)=O)C(C)C1. The third-order valence-electron chi connectivity index (χ3n) is 6.59. The van der Waals surface area contributed by atoms with Crippen molar-refractivity contribution in [1.82, 2.24) is 4.90 Å². The number of carbonyl (C=O) groups is 1. The van der Waals surface area contributed by atoms with Crippen molar-refractivity contribution < 1.29 is 9.90 Å². The first kappa shape index (κ1) is 23.3. The summed E-state index contributed by atoms with van der Waals surface area (Å²) in [5, 5.41) is 12.1. The van der Waals surface area contributed by atoms with Crippen LogP contribution in [0.25, 0.3) is 0 Å². The van der Waals surface area contributed by atoms with E-state index in [1.165, 1.54) is 51.8 Å². The van der Waals surface area contributed by atoms with Crippen molar-refractivity contribution >= 4 is 24.3 Å². The summed E-state index contributed by atoms with van der Waals surface area (Å²) in [6.07, 6.45) is 9.20. The molecule has 0 saturated carbocycles. The minimum atomic E-state index is -2.75. The Bertz CT molecular complexity index is 379. The minimum absolute atomic E-state index is 0.165. The van der Waals surface area contributed by atoms with Gasteiger partial charge in [-0.2, -0.15) is 0 Å². The number of rotatable bonds is 10.